The second-order valence-electron chi connectivity index (χ2n) is 9.05. The number of ether oxygens (including phenoxy) is 2. The Labute approximate surface area is 216 Å². The topological polar surface area (TPSA) is 104 Å². The maximum atomic E-state index is 13.9. The summed E-state index contributed by atoms with van der Waals surface area (Å²) in [4.78, 5) is 27.9. The van der Waals surface area contributed by atoms with Gasteiger partial charge in [-0.15, -0.1) is 0 Å². The number of likely N-dealkylation sites (tertiary alicyclic amines) is 1. The Morgan fingerprint density at radius 2 is 1.84 bits per heavy atom. The second-order valence-corrected chi connectivity index (χ2v) is 9.96. The van der Waals surface area contributed by atoms with Crippen LogP contribution in [0.3, 0.4) is 0 Å². The van der Waals surface area contributed by atoms with Crippen LogP contribution >= 0.6 is 11.9 Å². The van der Waals surface area contributed by atoms with Crippen LogP contribution in [-0.2, 0) is 9.53 Å². The van der Waals surface area contributed by atoms with Crippen LogP contribution in [0.1, 0.15) is 32.4 Å². The predicted octanol–water partition coefficient (Wildman–Crippen LogP) is 5.04. The normalized spacial score (nSPS) is 15.6. The highest BCUT2D eigenvalue weighted by atomic mass is 32.2. The van der Waals surface area contributed by atoms with Gasteiger partial charge in [-0.05, 0) is 74.7 Å². The third kappa shape index (κ3) is 8.45. The van der Waals surface area contributed by atoms with Gasteiger partial charge in [0.1, 0.15) is 23.2 Å². The number of rotatable bonds is 8. The minimum atomic E-state index is -2.90. The Morgan fingerprint density at radius 1 is 1.14 bits per heavy atom. The van der Waals surface area contributed by atoms with Crippen molar-refractivity contribution in [2.24, 2.45) is 0 Å². The van der Waals surface area contributed by atoms with Crippen LogP contribution in [0.4, 0.5) is 18.0 Å². The Hall–Kier alpha value is -3.67. The van der Waals surface area contributed by atoms with Crippen LogP contribution < -0.4 is 14.8 Å². The van der Waals surface area contributed by atoms with Gasteiger partial charge in [0.2, 0.25) is 0 Å². The minimum absolute atomic E-state index is 0.00150. The average molecular weight is 537 g/mol. The van der Waals surface area contributed by atoms with E-state index in [0.29, 0.717) is 10.5 Å². The number of carbonyl (C=O) groups excluding carboxylic acids is 2. The molecule has 3 rings (SSSR count). The smallest absolute Gasteiger partial charge is 0.408 e. The molecular weight excluding hydrogens is 509 g/mol. The van der Waals surface area contributed by atoms with Gasteiger partial charge in [0.25, 0.3) is 5.91 Å². The van der Waals surface area contributed by atoms with Crippen molar-refractivity contribution in [2.75, 3.05) is 13.1 Å². The molecular formula is C25H27F3N4O4S. The number of benzene rings is 2. The first kappa shape index (κ1) is 27.9. The third-order valence-corrected chi connectivity index (χ3v) is 5.70. The summed E-state index contributed by atoms with van der Waals surface area (Å²) in [5, 5.41) is 10.8. The quantitative estimate of drug-likeness (QED) is 0.409. The lowest BCUT2D eigenvalue weighted by Gasteiger charge is -2.26. The van der Waals surface area contributed by atoms with E-state index in [9.17, 15) is 22.8 Å². The van der Waals surface area contributed by atoms with Crippen LogP contribution in [0.15, 0.2) is 65.2 Å². The molecule has 3 N–H and O–H groups in total. The van der Waals surface area contributed by atoms with Crippen LogP contribution in [0.5, 0.6) is 5.75 Å². The predicted molar refractivity (Wildman–Crippen MR) is 133 cm³/mol. The molecule has 2 aromatic carbocycles. The molecule has 0 radical (unpaired) electrons. The summed E-state index contributed by atoms with van der Waals surface area (Å²) in [7, 11) is 0. The molecule has 0 spiro atoms. The van der Waals surface area contributed by atoms with Gasteiger partial charge in [-0.1, -0.05) is 12.1 Å². The van der Waals surface area contributed by atoms with Crippen molar-refractivity contribution in [3.05, 3.63) is 71.7 Å². The van der Waals surface area contributed by atoms with Crippen molar-refractivity contribution in [1.82, 2.24) is 14.9 Å². The molecule has 1 saturated heterocycles. The first-order valence-electron chi connectivity index (χ1n) is 11.2. The molecule has 8 nitrogen and oxygen atoms in total. The fourth-order valence-corrected chi connectivity index (χ4v) is 3.99. The standard InChI is InChI=1S/C25H27F3N4O4S/c1-25(2,3)36-24(34)31-21(15-5-4-6-17(26)11-15)22(33)32-13-16(20(29)14-32)12-30-37-19-9-7-18(8-10-19)35-23(27)28/h4-12,21,23,29-30H,13-14H2,1-3H3,(H,31,34)/b16-12-,29-20?. The van der Waals surface area contributed by atoms with E-state index < -0.39 is 36.1 Å². The molecule has 1 atom stereocenters. The number of hydrogen-bond acceptors (Lipinski definition) is 7. The van der Waals surface area contributed by atoms with Gasteiger partial charge in [-0.25, -0.2) is 9.18 Å². The number of alkyl carbamates (subject to hydrolysis) is 1. The average Bonchev–Trinajstić information content (AvgIpc) is 3.17. The highest BCUT2D eigenvalue weighted by Crippen LogP contribution is 2.24. The molecule has 0 saturated carbocycles. The van der Waals surface area contributed by atoms with E-state index in [0.717, 1.165) is 6.07 Å². The molecule has 1 heterocycles. The van der Waals surface area contributed by atoms with Gasteiger partial charge in [-0.2, -0.15) is 8.78 Å². The Kier molecular flexibility index (Phi) is 9.09. The molecule has 0 aliphatic carbocycles. The molecule has 0 bridgehead atoms. The van der Waals surface area contributed by atoms with Crippen molar-refractivity contribution in [2.45, 2.75) is 43.9 Å². The SMILES string of the molecule is CC(C)(C)OC(=O)NC(C(=O)N1CC(=N)/C(=C\NSc2ccc(OC(F)F)cc2)C1)c1cccc(F)c1. The molecule has 0 aromatic heterocycles. The summed E-state index contributed by atoms with van der Waals surface area (Å²) in [5.41, 5.74) is 0.171. The number of halogens is 3. The highest BCUT2D eigenvalue weighted by molar-refractivity contribution is 7.97. The lowest BCUT2D eigenvalue weighted by atomic mass is 10.1. The lowest BCUT2D eigenvalue weighted by molar-refractivity contribution is -0.132. The maximum Gasteiger partial charge on any atom is 0.408 e. The van der Waals surface area contributed by atoms with Gasteiger partial charge in [0, 0.05) is 23.2 Å². The number of amides is 2. The summed E-state index contributed by atoms with van der Waals surface area (Å²) in [6, 6.07) is 10.1. The Balaban J connectivity index is 1.67. The number of carbonyl (C=O) groups is 2. The summed E-state index contributed by atoms with van der Waals surface area (Å²) in [5.74, 6) is -1.05. The van der Waals surface area contributed by atoms with Crippen molar-refractivity contribution < 1.29 is 32.2 Å². The van der Waals surface area contributed by atoms with Crippen LogP contribution in [0.25, 0.3) is 0 Å². The van der Waals surface area contributed by atoms with Crippen molar-refractivity contribution in [3.8, 4) is 5.75 Å². The van der Waals surface area contributed by atoms with Gasteiger partial charge < -0.3 is 29.8 Å². The molecule has 1 aliphatic heterocycles. The molecule has 1 unspecified atom stereocenters. The number of nitrogens with zero attached hydrogens (tertiary/aromatic N) is 1. The van der Waals surface area contributed by atoms with E-state index in [4.69, 9.17) is 10.1 Å². The molecule has 1 fully saturated rings. The van der Waals surface area contributed by atoms with E-state index >= 15 is 0 Å². The zero-order valence-electron chi connectivity index (χ0n) is 20.4. The highest BCUT2D eigenvalue weighted by Gasteiger charge is 2.34. The van der Waals surface area contributed by atoms with Crippen molar-refractivity contribution in [1.29, 1.82) is 5.41 Å². The lowest BCUT2D eigenvalue weighted by Crippen LogP contribution is -2.43. The van der Waals surface area contributed by atoms with Gasteiger partial charge >= 0.3 is 12.7 Å². The molecule has 2 aromatic rings. The second kappa shape index (κ2) is 12.0. The summed E-state index contributed by atoms with van der Waals surface area (Å²) >= 11 is 1.18. The van der Waals surface area contributed by atoms with Crippen molar-refractivity contribution >= 4 is 29.7 Å². The fraction of sp³-hybridized carbons (Fsp3) is 0.320. The van der Waals surface area contributed by atoms with Gasteiger partial charge in [0.15, 0.2) is 0 Å². The zero-order valence-corrected chi connectivity index (χ0v) is 21.2. The molecule has 198 valence electrons. The summed E-state index contributed by atoms with van der Waals surface area (Å²) < 4.78 is 51.0. The largest absolute Gasteiger partial charge is 0.444 e. The van der Waals surface area contributed by atoms with E-state index in [1.807, 2.05) is 0 Å². The van der Waals surface area contributed by atoms with Gasteiger partial charge in [-0.3, -0.25) is 4.79 Å². The fourth-order valence-electron chi connectivity index (χ4n) is 3.38. The zero-order chi connectivity index (χ0) is 27.2. The van der Waals surface area contributed by atoms with Crippen LogP contribution in [0, 0.1) is 11.2 Å². The Bertz CT molecular complexity index is 1170. The molecule has 2 amide bonds. The third-order valence-electron chi connectivity index (χ3n) is 4.96. The summed E-state index contributed by atoms with van der Waals surface area (Å²) in [6.45, 7) is 2.23. The summed E-state index contributed by atoms with van der Waals surface area (Å²) in [6.07, 6.45) is 0.741. The maximum absolute atomic E-state index is 13.9. The first-order chi connectivity index (χ1) is 17.4. The monoisotopic (exact) mass is 536 g/mol. The molecule has 12 heteroatoms. The number of hydrogen-bond donors (Lipinski definition) is 3. The van der Waals surface area contributed by atoms with Crippen LogP contribution in [0.2, 0.25) is 0 Å². The Morgan fingerprint density at radius 3 is 2.46 bits per heavy atom. The van der Waals surface area contributed by atoms with Gasteiger partial charge in [0.05, 0.1) is 12.3 Å². The van der Waals surface area contributed by atoms with E-state index in [1.54, 1.807) is 39.1 Å². The number of alkyl halides is 2. The minimum Gasteiger partial charge on any atom is -0.444 e. The van der Waals surface area contributed by atoms with E-state index in [-0.39, 0.29) is 30.1 Å². The molecule has 1 aliphatic rings. The molecule has 37 heavy (non-hydrogen) atoms. The number of nitrogens with one attached hydrogen (secondary N) is 3. The van der Waals surface area contributed by atoms with Crippen LogP contribution in [-0.4, -0.2) is 47.9 Å². The van der Waals surface area contributed by atoms with Crippen molar-refractivity contribution in [3.63, 3.8) is 0 Å². The first-order valence-corrected chi connectivity index (χ1v) is 12.0. The van der Waals surface area contributed by atoms with E-state index in [2.05, 4.69) is 14.8 Å². The van der Waals surface area contributed by atoms with E-state index in [1.165, 1.54) is 47.2 Å².